The van der Waals surface area contributed by atoms with E-state index in [0.29, 0.717) is 0 Å². The Morgan fingerprint density at radius 1 is 1.50 bits per heavy atom. The first-order valence-electron chi connectivity index (χ1n) is 0.299. The summed E-state index contributed by atoms with van der Waals surface area (Å²) >= 11 is 4.49. The maximum atomic E-state index is 8.18. The van der Waals surface area contributed by atoms with Crippen LogP contribution in [0.4, 0.5) is 0 Å². The van der Waals surface area contributed by atoms with E-state index in [1.165, 1.54) is 0 Å². The van der Waals surface area contributed by atoms with Crippen molar-refractivity contribution in [2.45, 2.75) is 0 Å². The van der Waals surface area contributed by atoms with Gasteiger partial charge in [-0.1, -0.05) is 0 Å². The monoisotopic (exact) mass is 169 g/mol. The second-order valence-electron chi connectivity index (χ2n) is 0. The first kappa shape index (κ1) is 8.82. The summed E-state index contributed by atoms with van der Waals surface area (Å²) in [5.41, 5.74) is 0. The number of hydrogen-bond acceptors (Lipinski definition) is 2. The first-order chi connectivity index (χ1) is 2.00. The van der Waals surface area contributed by atoms with Crippen LogP contribution in [0.25, 0.3) is 0 Å². The summed E-state index contributed by atoms with van der Waals surface area (Å²) in [6, 6.07) is 0. The van der Waals surface area contributed by atoms with Gasteiger partial charge in [0.05, 0.1) is 0 Å². The van der Waals surface area contributed by atoms with Crippen LogP contribution in [0.2, 0.25) is 0 Å². The van der Waals surface area contributed by atoms with Gasteiger partial charge in [0.2, 0.25) is 0 Å². The minimum atomic E-state index is 1.10. The zero-order chi connectivity index (χ0) is 4.00. The number of hydrogen-bond donors (Lipinski definition) is 0. The molecule has 0 aliphatic carbocycles. The van der Waals surface area contributed by atoms with Crippen molar-refractivity contribution >= 4 is 11.9 Å². The number of rotatable bonds is 0. The van der Waals surface area contributed by atoms with Crippen molar-refractivity contribution in [3.63, 3.8) is 0 Å². The fourth-order valence-corrected chi connectivity index (χ4v) is 0. The first-order valence-corrected chi connectivity index (χ1v) is 1.32. The Kier molecular flexibility index (Phi) is 128. The summed E-state index contributed by atoms with van der Waals surface area (Å²) in [7, 11) is 0. The normalized spacial score (nSPS) is 2.50. The molecule has 0 atom stereocenters. The van der Waals surface area contributed by atoms with Gasteiger partial charge in [-0.25, -0.2) is 11.9 Å². The van der Waals surface area contributed by atoms with Gasteiger partial charge in [-0.2, -0.15) is 0 Å². The molecule has 0 saturated carbocycles. The molecule has 0 aromatic rings. The Bertz CT molecular complexity index is 6.00. The molecular weight excluding hydrogens is 169 g/mol. The van der Waals surface area contributed by atoms with Gasteiger partial charge < -0.3 is 4.66 Å². The van der Waals surface area contributed by atoms with Crippen LogP contribution in [-0.2, 0) is 21.8 Å². The Labute approximate surface area is 38.9 Å². The van der Waals surface area contributed by atoms with Crippen molar-refractivity contribution in [1.29, 1.82) is 0 Å². The molecule has 0 radical (unpaired) electrons. The molecule has 4 heavy (non-hydrogen) atoms. The average molecular weight is 169 g/mol. The third kappa shape index (κ3) is 16.5. The molecule has 0 saturated heterocycles. The summed E-state index contributed by atoms with van der Waals surface area (Å²) in [4.78, 5) is 0. The van der Waals surface area contributed by atoms with Gasteiger partial charge >= 0.3 is 21.8 Å². The topological polar surface area (TPSA) is 40.1 Å². The van der Waals surface area contributed by atoms with Crippen molar-refractivity contribution in [3.8, 4) is 0 Å². The molecule has 0 unspecified atom stereocenters. The van der Waals surface area contributed by atoms with Crippen molar-refractivity contribution < 1.29 is 26.5 Å². The molecule has 0 aromatic carbocycles. The molecule has 0 aliphatic rings. The van der Waals surface area contributed by atoms with Crippen LogP contribution in [0.3, 0.4) is 0 Å². The molecule has 0 N–H and O–H groups in total. The quantitative estimate of drug-likeness (QED) is 0.453. The average Bonchev–Trinajstić information content (AvgIpc) is 1.50. The van der Waals surface area contributed by atoms with Gasteiger partial charge in [-0.15, -0.1) is 0 Å². The molecule has 0 aliphatic heterocycles. The standard InChI is InChI=1S/ClO.O.Ru/c1-2;;/q-1;;+1. The van der Waals surface area contributed by atoms with E-state index in [2.05, 4.69) is 11.9 Å². The van der Waals surface area contributed by atoms with Crippen LogP contribution in [0, 0.1) is 0 Å². The summed E-state index contributed by atoms with van der Waals surface area (Å²) in [5.74, 6) is 0. The molecular formula is ClO2Ru. The van der Waals surface area contributed by atoms with Crippen molar-refractivity contribution in [3.05, 3.63) is 0 Å². The fourth-order valence-electron chi connectivity index (χ4n) is 0. The third-order valence-corrected chi connectivity index (χ3v) is 0. The summed E-state index contributed by atoms with van der Waals surface area (Å²) < 4.78 is 15.9. The van der Waals surface area contributed by atoms with Gasteiger partial charge in [0.25, 0.3) is 0 Å². The molecule has 0 fully saturated rings. The van der Waals surface area contributed by atoms with E-state index in [9.17, 15) is 0 Å². The van der Waals surface area contributed by atoms with E-state index in [0.717, 1.165) is 18.3 Å². The summed E-state index contributed by atoms with van der Waals surface area (Å²) in [6.45, 7) is 0. The molecule has 27 valence electrons. The van der Waals surface area contributed by atoms with Gasteiger partial charge in [-0.05, 0) is 0 Å². The second kappa shape index (κ2) is 57.9. The number of halogens is 1. The van der Waals surface area contributed by atoms with E-state index < -0.39 is 0 Å². The zero-order valence-corrected chi connectivity index (χ0v) is 4.04. The van der Waals surface area contributed by atoms with Crippen molar-refractivity contribution in [2.24, 2.45) is 0 Å². The van der Waals surface area contributed by atoms with Crippen molar-refractivity contribution in [1.82, 2.24) is 0 Å². The Morgan fingerprint density at radius 3 is 1.50 bits per heavy atom. The van der Waals surface area contributed by atoms with Crippen molar-refractivity contribution in [2.75, 3.05) is 0 Å². The van der Waals surface area contributed by atoms with E-state index in [1.807, 2.05) is 0 Å². The summed E-state index contributed by atoms with van der Waals surface area (Å²) in [6.07, 6.45) is 0. The second-order valence-corrected chi connectivity index (χ2v) is 0. The fraction of sp³-hybridized carbons (Fsp3) is 0. The SMILES string of the molecule is [O-]Cl.[O]=[Ru+]. The molecule has 0 spiro atoms. The van der Waals surface area contributed by atoms with Crippen LogP contribution < -0.4 is 4.66 Å². The zero-order valence-electron chi connectivity index (χ0n) is 1.55. The predicted molar refractivity (Wildman–Crippen MR) is 6.54 cm³/mol. The molecule has 0 aromatic heterocycles. The van der Waals surface area contributed by atoms with Gasteiger partial charge in [0.1, 0.15) is 0 Å². The van der Waals surface area contributed by atoms with Crippen LogP contribution in [0.1, 0.15) is 0 Å². The van der Waals surface area contributed by atoms with E-state index >= 15 is 0 Å². The molecule has 0 amide bonds. The Balaban J connectivity index is 0. The third-order valence-electron chi connectivity index (χ3n) is 0. The van der Waals surface area contributed by atoms with Crippen LogP contribution in [0.15, 0.2) is 0 Å². The molecule has 4 heteroatoms. The van der Waals surface area contributed by atoms with E-state index in [1.54, 1.807) is 0 Å². The van der Waals surface area contributed by atoms with Crippen LogP contribution >= 0.6 is 11.9 Å². The summed E-state index contributed by atoms with van der Waals surface area (Å²) in [5, 5.41) is 0. The van der Waals surface area contributed by atoms with E-state index in [4.69, 9.17) is 8.23 Å². The van der Waals surface area contributed by atoms with Gasteiger partial charge in [-0.3, -0.25) is 0 Å². The predicted octanol–water partition coefficient (Wildman–Crippen LogP) is -0.621. The van der Waals surface area contributed by atoms with Gasteiger partial charge in [0, 0.05) is 0 Å². The molecule has 0 rings (SSSR count). The Morgan fingerprint density at radius 2 is 1.50 bits per heavy atom. The maximum absolute atomic E-state index is 8.18. The van der Waals surface area contributed by atoms with Crippen LogP contribution in [0.5, 0.6) is 0 Å². The van der Waals surface area contributed by atoms with Crippen LogP contribution in [-0.4, -0.2) is 0 Å². The minimum absolute atomic E-state index is 1.10. The molecule has 2 nitrogen and oxygen atoms in total. The Hall–Kier alpha value is 0.673. The van der Waals surface area contributed by atoms with Gasteiger partial charge in [0.15, 0.2) is 0 Å². The molecule has 0 heterocycles. The molecule has 0 bridgehead atoms. The van der Waals surface area contributed by atoms with E-state index in [-0.39, 0.29) is 0 Å².